The Morgan fingerprint density at radius 1 is 0.253 bits per heavy atom. The van der Waals surface area contributed by atoms with Crippen LogP contribution in [0.1, 0.15) is 342 Å². The molecular weight excluding hydrogens is 1020 g/mol. The summed E-state index contributed by atoms with van der Waals surface area (Å²) in [6.45, 7) is 6.50. The van der Waals surface area contributed by atoms with Crippen LogP contribution in [0.25, 0.3) is 0 Å². The van der Waals surface area contributed by atoms with Gasteiger partial charge in [0.15, 0.2) is 6.10 Å². The molecule has 0 N–H and O–H groups in total. The minimum atomic E-state index is -0.810. The maximum atomic E-state index is 12.9. The van der Waals surface area contributed by atoms with Crippen molar-refractivity contribution in [2.75, 3.05) is 13.2 Å². The molecule has 0 aliphatic rings. The number of rotatable bonds is 64. The van der Waals surface area contributed by atoms with Gasteiger partial charge in [-0.05, 0) is 109 Å². The van der Waals surface area contributed by atoms with E-state index in [9.17, 15) is 14.4 Å². The Labute approximate surface area is 514 Å². The van der Waals surface area contributed by atoms with Crippen molar-refractivity contribution in [2.45, 2.75) is 348 Å². The lowest BCUT2D eigenvalue weighted by atomic mass is 10.0. The number of unbranched alkanes of at least 4 members (excludes halogenated alkanes) is 35. The van der Waals surface area contributed by atoms with Crippen LogP contribution in [0.3, 0.4) is 0 Å². The highest BCUT2D eigenvalue weighted by Gasteiger charge is 2.19. The van der Waals surface area contributed by atoms with Crippen LogP contribution >= 0.6 is 0 Å². The summed E-state index contributed by atoms with van der Waals surface area (Å²) in [4.78, 5) is 38.5. The zero-order chi connectivity index (χ0) is 59.9. The minimum absolute atomic E-state index is 0.0986. The van der Waals surface area contributed by atoms with E-state index < -0.39 is 6.10 Å². The van der Waals surface area contributed by atoms with Crippen LogP contribution in [-0.2, 0) is 28.6 Å². The maximum absolute atomic E-state index is 12.9. The molecule has 0 spiro atoms. The summed E-state index contributed by atoms with van der Waals surface area (Å²) in [6, 6.07) is 0. The first-order valence-electron chi connectivity index (χ1n) is 35.4. The first-order chi connectivity index (χ1) is 41.0. The third kappa shape index (κ3) is 68.7. The van der Waals surface area contributed by atoms with Crippen molar-refractivity contribution >= 4 is 17.9 Å². The smallest absolute Gasteiger partial charge is 0.306 e. The summed E-state index contributed by atoms with van der Waals surface area (Å²) in [5.41, 5.74) is 0. The van der Waals surface area contributed by atoms with E-state index in [2.05, 4.69) is 130 Å². The van der Waals surface area contributed by atoms with Gasteiger partial charge in [0.25, 0.3) is 0 Å². The molecule has 0 aromatic carbocycles. The molecule has 6 nitrogen and oxygen atoms in total. The molecule has 0 aliphatic carbocycles. The summed E-state index contributed by atoms with van der Waals surface area (Å²) in [6.07, 6.45) is 96.9. The Morgan fingerprint density at radius 2 is 0.470 bits per heavy atom. The molecule has 0 rings (SSSR count). The van der Waals surface area contributed by atoms with Crippen molar-refractivity contribution < 1.29 is 28.6 Å². The van der Waals surface area contributed by atoms with Crippen LogP contribution in [0.4, 0.5) is 0 Å². The number of esters is 3. The number of hydrogen-bond donors (Lipinski definition) is 0. The number of carbonyl (C=O) groups is 3. The fourth-order valence-electron chi connectivity index (χ4n) is 9.99. The fourth-order valence-corrected chi connectivity index (χ4v) is 9.99. The highest BCUT2D eigenvalue weighted by Crippen LogP contribution is 2.17. The molecule has 0 bridgehead atoms. The molecule has 6 heteroatoms. The summed E-state index contributed by atoms with van der Waals surface area (Å²) in [5.74, 6) is -0.942. The van der Waals surface area contributed by atoms with Crippen molar-refractivity contribution in [3.05, 3.63) is 109 Å². The molecule has 0 amide bonds. The molecule has 0 fully saturated rings. The van der Waals surface area contributed by atoms with E-state index >= 15 is 0 Å². The predicted molar refractivity (Wildman–Crippen MR) is 362 cm³/mol. The van der Waals surface area contributed by atoms with Crippen molar-refractivity contribution in [3.8, 4) is 0 Å². The second-order valence-corrected chi connectivity index (χ2v) is 23.4. The third-order valence-corrected chi connectivity index (χ3v) is 15.3. The van der Waals surface area contributed by atoms with Gasteiger partial charge < -0.3 is 14.2 Å². The summed E-state index contributed by atoms with van der Waals surface area (Å²) in [7, 11) is 0. The average molecular weight is 1150 g/mol. The SMILES string of the molecule is CC/C=C\C/C=C\C/C=C\C/C=C\C/C=C\C/C=C\CCCCC(=O)OC(COC(=O)CCCCCCCC/C=C\C/C=C\C/C=C\CCCCC)COC(=O)CCCCCCCCCCCCCCCCCCCCCCCCCCC. The highest BCUT2D eigenvalue weighted by atomic mass is 16.6. The average Bonchev–Trinajstić information content (AvgIpc) is 3.50. The molecule has 0 aliphatic heterocycles. The largest absolute Gasteiger partial charge is 0.462 e. The van der Waals surface area contributed by atoms with Gasteiger partial charge in [-0.2, -0.15) is 0 Å². The number of ether oxygens (including phenoxy) is 3. The van der Waals surface area contributed by atoms with Crippen LogP contribution in [0.5, 0.6) is 0 Å². The second-order valence-electron chi connectivity index (χ2n) is 23.4. The summed E-state index contributed by atoms with van der Waals surface area (Å²) >= 11 is 0. The summed E-state index contributed by atoms with van der Waals surface area (Å²) < 4.78 is 17.0. The van der Waals surface area contributed by atoms with Gasteiger partial charge in [0.05, 0.1) is 0 Å². The van der Waals surface area contributed by atoms with E-state index in [1.54, 1.807) is 0 Å². The normalized spacial score (nSPS) is 12.8. The van der Waals surface area contributed by atoms with E-state index in [4.69, 9.17) is 14.2 Å². The molecule has 1 unspecified atom stereocenters. The summed E-state index contributed by atoms with van der Waals surface area (Å²) in [5, 5.41) is 0. The van der Waals surface area contributed by atoms with Crippen molar-refractivity contribution in [1.29, 1.82) is 0 Å². The standard InChI is InChI=1S/C77H132O6/c1-4-7-10-13-16-19-22-25-28-31-34-36-37-38-39-41-43-46-49-52-55-58-61-64-67-70-76(79)82-73-74(72-81-75(78)69-66-63-60-57-54-51-48-45-42-33-30-27-24-21-18-15-12-9-6-3)83-77(80)71-68-65-62-59-56-53-50-47-44-40-35-32-29-26-23-20-17-14-11-8-5-2/h8,11,17-18,20-21,26-27,29-30,35,40,42,45,47,50,56,59,74H,4-7,9-10,12-16,19,22-25,28,31-34,36-39,41,43-44,46,48-49,51-55,57-58,60-73H2,1-3H3/b11-8-,20-17-,21-18-,29-26-,30-27-,40-35-,45-42-,50-47-,59-56-. The molecule has 476 valence electrons. The molecule has 0 heterocycles. The van der Waals surface area contributed by atoms with Crippen molar-refractivity contribution in [1.82, 2.24) is 0 Å². The Bertz CT molecular complexity index is 1660. The number of carbonyl (C=O) groups excluding carboxylic acids is 3. The maximum Gasteiger partial charge on any atom is 0.306 e. The quantitative estimate of drug-likeness (QED) is 0.0261. The first kappa shape index (κ1) is 79.1. The van der Waals surface area contributed by atoms with Gasteiger partial charge in [-0.3, -0.25) is 14.4 Å². The van der Waals surface area contributed by atoms with Gasteiger partial charge in [0.2, 0.25) is 0 Å². The molecule has 0 saturated heterocycles. The zero-order valence-electron chi connectivity index (χ0n) is 54.7. The van der Waals surface area contributed by atoms with Gasteiger partial charge in [-0.15, -0.1) is 0 Å². The molecule has 1 atom stereocenters. The molecule has 0 aromatic rings. The molecule has 0 saturated carbocycles. The lowest BCUT2D eigenvalue weighted by molar-refractivity contribution is -0.167. The predicted octanol–water partition coefficient (Wildman–Crippen LogP) is 24.6. The van der Waals surface area contributed by atoms with Crippen LogP contribution in [0.15, 0.2) is 109 Å². The molecule has 83 heavy (non-hydrogen) atoms. The Balaban J connectivity index is 4.43. The fraction of sp³-hybridized carbons (Fsp3) is 0.727. The van der Waals surface area contributed by atoms with Gasteiger partial charge in [-0.1, -0.05) is 323 Å². The van der Waals surface area contributed by atoms with E-state index in [0.29, 0.717) is 19.3 Å². The van der Waals surface area contributed by atoms with Crippen molar-refractivity contribution in [2.24, 2.45) is 0 Å². The van der Waals surface area contributed by atoms with Gasteiger partial charge >= 0.3 is 17.9 Å². The van der Waals surface area contributed by atoms with Crippen LogP contribution in [0, 0.1) is 0 Å². The van der Waals surface area contributed by atoms with Gasteiger partial charge in [0, 0.05) is 19.3 Å². The van der Waals surface area contributed by atoms with Gasteiger partial charge in [-0.25, -0.2) is 0 Å². The van der Waals surface area contributed by atoms with E-state index in [-0.39, 0.29) is 37.5 Å². The molecular formula is C77H132O6. The van der Waals surface area contributed by atoms with Crippen LogP contribution < -0.4 is 0 Å². The Hall–Kier alpha value is -3.93. The van der Waals surface area contributed by atoms with Crippen LogP contribution in [-0.4, -0.2) is 37.2 Å². The topological polar surface area (TPSA) is 78.9 Å². The Kier molecular flexibility index (Phi) is 67.2. The first-order valence-corrected chi connectivity index (χ1v) is 35.4. The number of hydrogen-bond acceptors (Lipinski definition) is 6. The Morgan fingerprint density at radius 3 is 0.783 bits per heavy atom. The van der Waals surface area contributed by atoms with Crippen molar-refractivity contribution in [3.63, 3.8) is 0 Å². The molecule has 0 aromatic heterocycles. The lowest BCUT2D eigenvalue weighted by Gasteiger charge is -2.18. The van der Waals surface area contributed by atoms with Crippen LogP contribution in [0.2, 0.25) is 0 Å². The third-order valence-electron chi connectivity index (χ3n) is 15.3. The lowest BCUT2D eigenvalue weighted by Crippen LogP contribution is -2.30. The number of allylic oxidation sites excluding steroid dienone is 18. The monoisotopic (exact) mass is 1150 g/mol. The molecule has 0 radical (unpaired) electrons. The van der Waals surface area contributed by atoms with E-state index in [0.717, 1.165) is 116 Å². The van der Waals surface area contributed by atoms with E-state index in [1.165, 1.54) is 180 Å². The zero-order valence-corrected chi connectivity index (χ0v) is 54.7. The van der Waals surface area contributed by atoms with E-state index in [1.807, 2.05) is 0 Å². The minimum Gasteiger partial charge on any atom is -0.462 e. The highest BCUT2D eigenvalue weighted by molar-refractivity contribution is 5.71. The second kappa shape index (κ2) is 70.6. The van der Waals surface area contributed by atoms with Gasteiger partial charge in [0.1, 0.15) is 13.2 Å².